The zero-order valence-electron chi connectivity index (χ0n) is 15.0. The quantitative estimate of drug-likeness (QED) is 0.312. The molecule has 1 spiro atoms. The molecule has 144 valence electrons. The number of aromatic nitrogens is 3. The van der Waals surface area contributed by atoms with Gasteiger partial charge in [-0.2, -0.15) is 0 Å². The minimum absolute atomic E-state index is 0.302. The molecule has 3 heterocycles. The molecule has 0 fully saturated rings. The zero-order valence-corrected chi connectivity index (χ0v) is 17.4. The lowest BCUT2D eigenvalue weighted by Crippen LogP contribution is -2.71. The maximum atomic E-state index is 13.3. The molecule has 3 N–H and O–H groups in total. The van der Waals surface area contributed by atoms with Gasteiger partial charge < -0.3 is 10.6 Å². The minimum Gasteiger partial charge on any atom is -0.317 e. The third-order valence-corrected chi connectivity index (χ3v) is 6.29. The van der Waals surface area contributed by atoms with Crippen molar-refractivity contribution < 1.29 is 9.48 Å². The van der Waals surface area contributed by atoms with Gasteiger partial charge in [-0.15, -0.1) is 6.58 Å². The maximum Gasteiger partial charge on any atom is 0.374 e. The first-order chi connectivity index (χ1) is 14.0. The number of nitrogens with zero attached hydrogens (tertiary/aromatic N) is 2. The predicted octanol–water partition coefficient (Wildman–Crippen LogP) is 2.84. The summed E-state index contributed by atoms with van der Waals surface area (Å²) in [4.78, 5) is 29.3. The molecule has 3 aromatic rings. The van der Waals surface area contributed by atoms with Crippen LogP contribution in [0.3, 0.4) is 0 Å². The maximum absolute atomic E-state index is 13.3. The average Bonchev–Trinajstić information content (AvgIpc) is 2.98. The van der Waals surface area contributed by atoms with Gasteiger partial charge in [-0.1, -0.05) is 45.9 Å². The number of carbonyl (C=O) groups excluding carboxylic acids is 1. The largest absolute Gasteiger partial charge is 0.374 e. The van der Waals surface area contributed by atoms with Crippen molar-refractivity contribution in [2.45, 2.75) is 10.8 Å². The van der Waals surface area contributed by atoms with Crippen LogP contribution in [0.2, 0.25) is 0 Å². The molecule has 1 atom stereocenters. The number of rotatable bonds is 3. The van der Waals surface area contributed by atoms with Gasteiger partial charge in [-0.25, -0.2) is 0 Å². The van der Waals surface area contributed by atoms with Crippen LogP contribution in [-0.4, -0.2) is 21.7 Å². The Morgan fingerprint density at radius 2 is 2.03 bits per heavy atom. The molecule has 29 heavy (non-hydrogen) atoms. The molecule has 2 aromatic carbocycles. The third kappa shape index (κ3) is 2.57. The van der Waals surface area contributed by atoms with Crippen molar-refractivity contribution in [3.8, 4) is 11.3 Å². The Morgan fingerprint density at radius 3 is 2.86 bits per heavy atom. The van der Waals surface area contributed by atoms with Gasteiger partial charge in [0.25, 0.3) is 0 Å². The second kappa shape index (κ2) is 6.57. The van der Waals surface area contributed by atoms with Gasteiger partial charge in [-0.05, 0) is 35.0 Å². The number of hydrogen-bond donors (Lipinski definition) is 3. The summed E-state index contributed by atoms with van der Waals surface area (Å²) in [6.07, 6.45) is 1.73. The van der Waals surface area contributed by atoms with E-state index >= 15 is 0 Å². The first-order valence-corrected chi connectivity index (χ1v) is 10.6. The molecule has 0 unspecified atom stereocenters. The van der Waals surface area contributed by atoms with E-state index < -0.39 is 5.66 Å². The van der Waals surface area contributed by atoms with Crippen molar-refractivity contribution in [2.75, 3.05) is 16.4 Å². The molecule has 7 nitrogen and oxygen atoms in total. The van der Waals surface area contributed by atoms with Crippen LogP contribution in [0.15, 0.2) is 69.5 Å². The third-order valence-electron chi connectivity index (χ3n) is 4.94. The molecule has 2 aliphatic rings. The lowest BCUT2D eigenvalue weighted by Gasteiger charge is -2.28. The number of para-hydroxylation sites is 1. The van der Waals surface area contributed by atoms with Crippen LogP contribution < -0.4 is 20.9 Å². The molecule has 0 aliphatic carbocycles. The first kappa shape index (κ1) is 18.1. The van der Waals surface area contributed by atoms with Crippen LogP contribution in [0.5, 0.6) is 0 Å². The summed E-state index contributed by atoms with van der Waals surface area (Å²) in [7, 11) is 0. The van der Waals surface area contributed by atoms with E-state index in [1.807, 2.05) is 42.5 Å². The van der Waals surface area contributed by atoms with Crippen LogP contribution in [0.1, 0.15) is 5.56 Å². The summed E-state index contributed by atoms with van der Waals surface area (Å²) in [6.45, 7) is 3.71. The fraction of sp³-hybridized carbons (Fsp3) is 0.100. The summed E-state index contributed by atoms with van der Waals surface area (Å²) < 4.78 is 2.33. The second-order valence-electron chi connectivity index (χ2n) is 6.64. The molecule has 0 saturated heterocycles. The van der Waals surface area contributed by atoms with E-state index in [9.17, 15) is 9.59 Å². The Hall–Kier alpha value is -2.91. The van der Waals surface area contributed by atoms with Crippen LogP contribution in [-0.2, 0) is 10.5 Å². The van der Waals surface area contributed by atoms with Crippen molar-refractivity contribution in [3.05, 3.63) is 75.5 Å². The zero-order chi connectivity index (χ0) is 20.2. The molecular weight excluding hydrogens is 454 g/mol. The number of anilines is 2. The highest BCUT2D eigenvalue weighted by molar-refractivity contribution is 9.10. The number of benzene rings is 2. The standard InChI is InChI=1S/C20H14BrN5O2S/c1-2-9-29-19-23-17(27)16-12-5-3-4-6-14(12)24-20(26(16)25-19)13-10-11(21)7-8-15(13)22-18(20)28/h2-8,10H,1,9H2,(H2,22,23,25,27,28)/p+1/t20-/m1/s1. The van der Waals surface area contributed by atoms with Gasteiger partial charge in [0.2, 0.25) is 5.16 Å². The van der Waals surface area contributed by atoms with Crippen molar-refractivity contribution in [1.29, 1.82) is 0 Å². The molecule has 2 aliphatic heterocycles. The molecular formula is C20H15BrN5O2S+. The Morgan fingerprint density at radius 1 is 1.21 bits per heavy atom. The molecule has 0 saturated carbocycles. The van der Waals surface area contributed by atoms with Gasteiger partial charge in [0.1, 0.15) is 0 Å². The number of H-pyrrole nitrogens is 1. The Balaban J connectivity index is 1.87. The fourth-order valence-corrected chi connectivity index (χ4v) is 4.68. The average molecular weight is 469 g/mol. The second-order valence-corrected chi connectivity index (χ2v) is 8.57. The molecule has 1 aromatic heterocycles. The van der Waals surface area contributed by atoms with Crippen LogP contribution in [0, 0.1) is 0 Å². The van der Waals surface area contributed by atoms with E-state index in [1.54, 1.807) is 6.08 Å². The smallest absolute Gasteiger partial charge is 0.317 e. The Bertz CT molecular complexity index is 1260. The predicted molar refractivity (Wildman–Crippen MR) is 115 cm³/mol. The number of fused-ring (bicyclic) bond motifs is 6. The molecule has 1 amide bonds. The highest BCUT2D eigenvalue weighted by Gasteiger charge is 2.62. The Kier molecular flexibility index (Phi) is 4.11. The van der Waals surface area contributed by atoms with Crippen LogP contribution in [0.4, 0.5) is 11.4 Å². The normalized spacial score (nSPS) is 18.4. The number of amides is 1. The van der Waals surface area contributed by atoms with Crippen LogP contribution in [0.25, 0.3) is 11.3 Å². The Labute approximate surface area is 178 Å². The van der Waals surface area contributed by atoms with Gasteiger partial charge in [-0.3, -0.25) is 14.6 Å². The number of thioether (sulfide) groups is 1. The number of hydrogen-bond acceptors (Lipinski definition) is 5. The number of nitrogens with one attached hydrogen (secondary N) is 3. The van der Waals surface area contributed by atoms with Gasteiger partial charge in [0.15, 0.2) is 0 Å². The lowest BCUT2D eigenvalue weighted by molar-refractivity contribution is -0.781. The van der Waals surface area contributed by atoms with E-state index in [0.29, 0.717) is 39.1 Å². The van der Waals surface area contributed by atoms with Crippen molar-refractivity contribution in [1.82, 2.24) is 10.1 Å². The monoisotopic (exact) mass is 468 g/mol. The van der Waals surface area contributed by atoms with E-state index in [0.717, 1.165) is 4.47 Å². The highest BCUT2D eigenvalue weighted by atomic mass is 79.9. The van der Waals surface area contributed by atoms with Gasteiger partial charge in [0.05, 0.1) is 22.5 Å². The first-order valence-electron chi connectivity index (χ1n) is 8.84. The van der Waals surface area contributed by atoms with Gasteiger partial charge >= 0.3 is 22.8 Å². The number of aromatic amines is 1. The SMILES string of the molecule is C=CCSc1n[n+]2c(c(=O)[nH]1)-c1ccccc1N[C@@]21C(=O)Nc2ccc(Br)cc21. The van der Waals surface area contributed by atoms with Gasteiger partial charge in [0, 0.05) is 15.3 Å². The number of carbonyl (C=O) groups is 1. The molecule has 9 heteroatoms. The summed E-state index contributed by atoms with van der Waals surface area (Å²) >= 11 is 4.83. The molecule has 0 bridgehead atoms. The van der Waals surface area contributed by atoms with Crippen molar-refractivity contribution in [3.63, 3.8) is 0 Å². The fourth-order valence-electron chi connectivity index (χ4n) is 3.74. The van der Waals surface area contributed by atoms with E-state index in [4.69, 9.17) is 0 Å². The molecule has 0 radical (unpaired) electrons. The summed E-state index contributed by atoms with van der Waals surface area (Å²) in [5.41, 5.74) is 1.38. The lowest BCUT2D eigenvalue weighted by atomic mass is 9.95. The highest BCUT2D eigenvalue weighted by Crippen LogP contribution is 2.42. The van der Waals surface area contributed by atoms with E-state index in [2.05, 4.69) is 43.2 Å². The van der Waals surface area contributed by atoms with E-state index in [-0.39, 0.29) is 11.5 Å². The van der Waals surface area contributed by atoms with Crippen LogP contribution >= 0.6 is 27.7 Å². The molecule has 5 rings (SSSR count). The van der Waals surface area contributed by atoms with E-state index in [1.165, 1.54) is 16.4 Å². The topological polar surface area (TPSA) is 90.8 Å². The number of halogens is 1. The van der Waals surface area contributed by atoms with Crippen molar-refractivity contribution >= 4 is 45.0 Å². The minimum atomic E-state index is -1.37. The summed E-state index contributed by atoms with van der Waals surface area (Å²) in [6, 6.07) is 12.9. The summed E-state index contributed by atoms with van der Waals surface area (Å²) in [5, 5.41) is 11.4. The van der Waals surface area contributed by atoms with Crippen molar-refractivity contribution in [2.24, 2.45) is 0 Å². The summed E-state index contributed by atoms with van der Waals surface area (Å²) in [5.74, 6) is 0.275.